The van der Waals surface area contributed by atoms with Crippen molar-refractivity contribution in [1.29, 1.82) is 0 Å². The fourth-order valence-corrected chi connectivity index (χ4v) is 2.10. The lowest BCUT2D eigenvalue weighted by Gasteiger charge is -2.20. The van der Waals surface area contributed by atoms with Gasteiger partial charge in [-0.15, -0.1) is 0 Å². The largest absolute Gasteiger partial charge is 0.508 e. The van der Waals surface area contributed by atoms with Crippen molar-refractivity contribution in [3.8, 4) is 11.5 Å². The highest BCUT2D eigenvalue weighted by Gasteiger charge is 2.12. The van der Waals surface area contributed by atoms with Crippen LogP contribution in [0.25, 0.3) is 0 Å². The first kappa shape index (κ1) is 13.3. The van der Waals surface area contributed by atoms with Crippen LogP contribution in [-0.4, -0.2) is 12.2 Å². The van der Waals surface area contributed by atoms with Crippen molar-refractivity contribution in [2.75, 3.05) is 12.4 Å². The van der Waals surface area contributed by atoms with Crippen molar-refractivity contribution in [3.05, 3.63) is 54.1 Å². The third-order valence-electron chi connectivity index (χ3n) is 3.13. The second kappa shape index (κ2) is 6.14. The third kappa shape index (κ3) is 3.19. The Bertz CT molecular complexity index is 540. The van der Waals surface area contributed by atoms with Gasteiger partial charge in [0.2, 0.25) is 0 Å². The number of phenols is 1. The number of nitrogens with one attached hydrogen (secondary N) is 1. The van der Waals surface area contributed by atoms with Gasteiger partial charge in [0, 0.05) is 17.3 Å². The molecule has 2 aromatic carbocycles. The molecule has 0 saturated heterocycles. The zero-order valence-corrected chi connectivity index (χ0v) is 11.3. The fraction of sp³-hybridized carbons (Fsp3) is 0.250. The van der Waals surface area contributed by atoms with Gasteiger partial charge in [0.1, 0.15) is 11.5 Å². The number of benzene rings is 2. The minimum Gasteiger partial charge on any atom is -0.508 e. The summed E-state index contributed by atoms with van der Waals surface area (Å²) in [7, 11) is 1.65. The fourth-order valence-electron chi connectivity index (χ4n) is 2.10. The van der Waals surface area contributed by atoms with Crippen LogP contribution in [0.1, 0.15) is 24.9 Å². The summed E-state index contributed by atoms with van der Waals surface area (Å²) in [6.45, 7) is 2.09. The third-order valence-corrected chi connectivity index (χ3v) is 3.13. The van der Waals surface area contributed by atoms with E-state index in [1.54, 1.807) is 13.2 Å². The van der Waals surface area contributed by atoms with Crippen molar-refractivity contribution < 1.29 is 9.84 Å². The molecule has 0 aliphatic rings. The second-order valence-electron chi connectivity index (χ2n) is 4.40. The highest BCUT2D eigenvalue weighted by Crippen LogP contribution is 2.30. The number of aromatic hydroxyl groups is 1. The molecule has 0 spiro atoms. The molecule has 2 rings (SSSR count). The number of methoxy groups -OCH3 is 1. The summed E-state index contributed by atoms with van der Waals surface area (Å²) < 4.78 is 5.21. The number of ether oxygens (including phenoxy) is 1. The Morgan fingerprint density at radius 3 is 2.63 bits per heavy atom. The van der Waals surface area contributed by atoms with Gasteiger partial charge < -0.3 is 15.2 Å². The summed E-state index contributed by atoms with van der Waals surface area (Å²) in [6, 6.07) is 15.3. The SMILES string of the molecule is CCC(Nc1cccc(OC)c1)c1ccccc1O. The Labute approximate surface area is 113 Å². The van der Waals surface area contributed by atoms with Crippen LogP contribution in [0.4, 0.5) is 5.69 Å². The van der Waals surface area contributed by atoms with E-state index in [1.807, 2.05) is 42.5 Å². The van der Waals surface area contributed by atoms with Gasteiger partial charge in [-0.3, -0.25) is 0 Å². The molecule has 0 amide bonds. The summed E-state index contributed by atoms with van der Waals surface area (Å²) in [6.07, 6.45) is 0.884. The van der Waals surface area contributed by atoms with Gasteiger partial charge in [-0.2, -0.15) is 0 Å². The van der Waals surface area contributed by atoms with Crippen molar-refractivity contribution in [3.63, 3.8) is 0 Å². The van der Waals surface area contributed by atoms with Crippen molar-refractivity contribution >= 4 is 5.69 Å². The second-order valence-corrected chi connectivity index (χ2v) is 4.40. The Balaban J connectivity index is 2.21. The molecule has 0 aliphatic carbocycles. The molecule has 0 fully saturated rings. The molecule has 0 bridgehead atoms. The number of hydrogen-bond donors (Lipinski definition) is 2. The molecule has 19 heavy (non-hydrogen) atoms. The van der Waals surface area contributed by atoms with Gasteiger partial charge in [-0.25, -0.2) is 0 Å². The van der Waals surface area contributed by atoms with E-state index in [-0.39, 0.29) is 6.04 Å². The van der Waals surface area contributed by atoms with Crippen molar-refractivity contribution in [1.82, 2.24) is 0 Å². The molecule has 2 N–H and O–H groups in total. The van der Waals surface area contributed by atoms with E-state index in [1.165, 1.54) is 0 Å². The van der Waals surface area contributed by atoms with Crippen LogP contribution in [0.15, 0.2) is 48.5 Å². The molecule has 0 aliphatic heterocycles. The lowest BCUT2D eigenvalue weighted by Crippen LogP contribution is -2.09. The summed E-state index contributed by atoms with van der Waals surface area (Å²) in [5, 5.41) is 13.3. The zero-order valence-electron chi connectivity index (χ0n) is 11.3. The molecular formula is C16H19NO2. The topological polar surface area (TPSA) is 41.5 Å². The van der Waals surface area contributed by atoms with Crippen LogP contribution in [0.3, 0.4) is 0 Å². The molecular weight excluding hydrogens is 238 g/mol. The monoisotopic (exact) mass is 257 g/mol. The van der Waals surface area contributed by atoms with Crippen LogP contribution in [0.5, 0.6) is 11.5 Å². The quantitative estimate of drug-likeness (QED) is 0.851. The summed E-state index contributed by atoms with van der Waals surface area (Å²) >= 11 is 0. The molecule has 3 nitrogen and oxygen atoms in total. The zero-order chi connectivity index (χ0) is 13.7. The summed E-state index contributed by atoms with van der Waals surface area (Å²) in [4.78, 5) is 0. The average molecular weight is 257 g/mol. The molecule has 1 unspecified atom stereocenters. The molecule has 2 aromatic rings. The lowest BCUT2D eigenvalue weighted by molar-refractivity contribution is 0.415. The van der Waals surface area contributed by atoms with E-state index < -0.39 is 0 Å². The maximum atomic E-state index is 9.93. The van der Waals surface area contributed by atoms with E-state index in [0.717, 1.165) is 23.4 Å². The van der Waals surface area contributed by atoms with E-state index in [0.29, 0.717) is 5.75 Å². The molecule has 100 valence electrons. The standard InChI is InChI=1S/C16H19NO2/c1-3-15(14-9-4-5-10-16(14)18)17-12-7-6-8-13(11-12)19-2/h4-11,15,17-18H,3H2,1-2H3. The van der Waals surface area contributed by atoms with Crippen molar-refractivity contribution in [2.24, 2.45) is 0 Å². The van der Waals surface area contributed by atoms with Crippen LogP contribution < -0.4 is 10.1 Å². The van der Waals surface area contributed by atoms with Crippen LogP contribution in [0.2, 0.25) is 0 Å². The molecule has 1 atom stereocenters. The Morgan fingerprint density at radius 2 is 1.95 bits per heavy atom. The maximum absolute atomic E-state index is 9.93. The van der Waals surface area contributed by atoms with Gasteiger partial charge in [-0.1, -0.05) is 31.2 Å². The molecule has 0 radical (unpaired) electrons. The lowest BCUT2D eigenvalue weighted by atomic mass is 10.0. The number of para-hydroxylation sites is 1. The number of hydrogen-bond acceptors (Lipinski definition) is 3. The van der Waals surface area contributed by atoms with E-state index in [4.69, 9.17) is 4.74 Å². The molecule has 0 saturated carbocycles. The highest BCUT2D eigenvalue weighted by atomic mass is 16.5. The van der Waals surface area contributed by atoms with Gasteiger partial charge >= 0.3 is 0 Å². The van der Waals surface area contributed by atoms with E-state index in [9.17, 15) is 5.11 Å². The van der Waals surface area contributed by atoms with E-state index >= 15 is 0 Å². The number of phenolic OH excluding ortho intramolecular Hbond substituents is 1. The van der Waals surface area contributed by atoms with E-state index in [2.05, 4.69) is 12.2 Å². The Morgan fingerprint density at radius 1 is 1.16 bits per heavy atom. The first-order valence-electron chi connectivity index (χ1n) is 6.43. The van der Waals surface area contributed by atoms with Gasteiger partial charge in [0.05, 0.1) is 13.2 Å². The number of anilines is 1. The average Bonchev–Trinajstić information content (AvgIpc) is 2.46. The minimum absolute atomic E-state index is 0.0771. The normalized spacial score (nSPS) is 11.9. The summed E-state index contributed by atoms with van der Waals surface area (Å²) in [5.74, 6) is 1.14. The Hall–Kier alpha value is -2.16. The molecule has 0 heterocycles. The molecule has 0 aromatic heterocycles. The van der Waals surface area contributed by atoms with Crippen LogP contribution in [-0.2, 0) is 0 Å². The first-order chi connectivity index (χ1) is 9.24. The summed E-state index contributed by atoms with van der Waals surface area (Å²) in [5.41, 5.74) is 1.89. The molecule has 3 heteroatoms. The van der Waals surface area contributed by atoms with Crippen LogP contribution in [0, 0.1) is 0 Å². The van der Waals surface area contributed by atoms with Gasteiger partial charge in [-0.05, 0) is 24.6 Å². The predicted molar refractivity (Wildman–Crippen MR) is 77.8 cm³/mol. The highest BCUT2D eigenvalue weighted by molar-refractivity contribution is 5.51. The van der Waals surface area contributed by atoms with Crippen LogP contribution >= 0.6 is 0 Å². The smallest absolute Gasteiger partial charge is 0.120 e. The minimum atomic E-state index is 0.0771. The van der Waals surface area contributed by atoms with Gasteiger partial charge in [0.15, 0.2) is 0 Å². The maximum Gasteiger partial charge on any atom is 0.120 e. The predicted octanol–water partition coefficient (Wildman–Crippen LogP) is 3.96. The van der Waals surface area contributed by atoms with Gasteiger partial charge in [0.25, 0.3) is 0 Å². The first-order valence-corrected chi connectivity index (χ1v) is 6.43. The Kier molecular flexibility index (Phi) is 4.29. The van der Waals surface area contributed by atoms with Crippen molar-refractivity contribution in [2.45, 2.75) is 19.4 Å². The number of rotatable bonds is 5.